The molecule has 184 valence electrons. The molecular weight excluding hydrogens is 507 g/mol. The number of benzene rings is 2. The van der Waals surface area contributed by atoms with E-state index in [1.165, 1.54) is 6.26 Å². The zero-order valence-corrected chi connectivity index (χ0v) is 22.0. The molecule has 1 heterocycles. The summed E-state index contributed by atoms with van der Waals surface area (Å²) in [6.45, 7) is 4.57. The number of halogens is 2. The lowest BCUT2D eigenvalue weighted by Crippen LogP contribution is -2.19. The molecule has 35 heavy (non-hydrogen) atoms. The highest BCUT2D eigenvalue weighted by molar-refractivity contribution is 7.89. The first-order chi connectivity index (χ1) is 16.5. The topological polar surface area (TPSA) is 89.3 Å². The molecule has 0 bridgehead atoms. The maximum atomic E-state index is 11.5. The Morgan fingerprint density at radius 2 is 1.77 bits per heavy atom. The molecule has 0 unspecified atom stereocenters. The number of alkyl halides is 1. The molecule has 2 aromatic carbocycles. The van der Waals surface area contributed by atoms with Crippen LogP contribution in [0.15, 0.2) is 54.7 Å². The van der Waals surface area contributed by atoms with Crippen molar-refractivity contribution in [3.05, 3.63) is 87.7 Å². The highest BCUT2D eigenvalue weighted by Gasteiger charge is 2.26. The predicted molar refractivity (Wildman–Crippen MR) is 138 cm³/mol. The van der Waals surface area contributed by atoms with E-state index in [9.17, 15) is 13.7 Å². The molecule has 9 heteroatoms. The summed E-state index contributed by atoms with van der Waals surface area (Å²) in [4.78, 5) is 4.25. The fourth-order valence-electron chi connectivity index (χ4n) is 3.62. The van der Waals surface area contributed by atoms with Gasteiger partial charge in [0.1, 0.15) is 25.0 Å². The molecule has 0 atom stereocenters. The van der Waals surface area contributed by atoms with E-state index in [2.05, 4.69) is 11.1 Å². The van der Waals surface area contributed by atoms with E-state index in [4.69, 9.17) is 32.7 Å². The van der Waals surface area contributed by atoms with Crippen LogP contribution < -0.4 is 9.47 Å². The molecule has 0 N–H and O–H groups in total. The zero-order chi connectivity index (χ0) is 25.6. The fourth-order valence-corrected chi connectivity index (χ4v) is 4.75. The third-order valence-corrected chi connectivity index (χ3v) is 6.77. The van der Waals surface area contributed by atoms with Gasteiger partial charge in [0, 0.05) is 17.9 Å². The molecule has 0 amide bonds. The second-order valence-electron chi connectivity index (χ2n) is 8.65. The number of rotatable bonds is 10. The van der Waals surface area contributed by atoms with Gasteiger partial charge in [-0.1, -0.05) is 37.6 Å². The van der Waals surface area contributed by atoms with Crippen LogP contribution in [0.1, 0.15) is 41.8 Å². The number of ether oxygens (including phenoxy) is 2. The van der Waals surface area contributed by atoms with Crippen molar-refractivity contribution in [2.45, 2.75) is 31.6 Å². The van der Waals surface area contributed by atoms with Gasteiger partial charge in [-0.2, -0.15) is 5.26 Å². The van der Waals surface area contributed by atoms with Crippen LogP contribution in [0.5, 0.6) is 11.5 Å². The molecule has 6 nitrogen and oxygen atoms in total. The summed E-state index contributed by atoms with van der Waals surface area (Å²) in [7, 11) is -3.12. The molecule has 0 aliphatic carbocycles. The lowest BCUT2D eigenvalue weighted by atomic mass is 9.77. The quantitative estimate of drug-likeness (QED) is 0.312. The van der Waals surface area contributed by atoms with Crippen molar-refractivity contribution in [3.8, 4) is 17.6 Å². The monoisotopic (exact) mass is 532 g/mol. The summed E-state index contributed by atoms with van der Waals surface area (Å²) in [5.74, 6) is 1.25. The van der Waals surface area contributed by atoms with E-state index in [0.29, 0.717) is 39.2 Å². The van der Waals surface area contributed by atoms with Crippen LogP contribution in [-0.4, -0.2) is 32.1 Å². The van der Waals surface area contributed by atoms with Gasteiger partial charge in [-0.3, -0.25) is 4.98 Å². The van der Waals surface area contributed by atoms with Gasteiger partial charge in [0.05, 0.1) is 27.9 Å². The number of nitrogens with zero attached hydrogens (tertiary/aromatic N) is 2. The average Bonchev–Trinajstić information content (AvgIpc) is 2.81. The fraction of sp³-hybridized carbons (Fsp3) is 0.308. The molecule has 0 radical (unpaired) electrons. The number of hydrogen-bond acceptors (Lipinski definition) is 6. The third-order valence-electron chi connectivity index (χ3n) is 5.48. The van der Waals surface area contributed by atoms with Crippen molar-refractivity contribution < 1.29 is 17.9 Å². The molecule has 1 aromatic heterocycles. The van der Waals surface area contributed by atoms with Crippen molar-refractivity contribution in [3.63, 3.8) is 0 Å². The first-order valence-corrected chi connectivity index (χ1v) is 13.8. The third kappa shape index (κ3) is 7.11. The normalized spacial score (nSPS) is 11.7. The number of pyridine rings is 1. The summed E-state index contributed by atoms with van der Waals surface area (Å²) in [5.41, 5.74) is 3.11. The van der Waals surface area contributed by atoms with Gasteiger partial charge < -0.3 is 9.47 Å². The smallest absolute Gasteiger partial charge is 0.155 e. The molecule has 3 rings (SSSR count). The largest absolute Gasteiger partial charge is 0.489 e. The molecule has 0 aliphatic rings. The van der Waals surface area contributed by atoms with Crippen molar-refractivity contribution >= 4 is 33.0 Å². The summed E-state index contributed by atoms with van der Waals surface area (Å²) in [6.07, 6.45) is 2.78. The standard InChI is InChI=1S/C26H26Cl2N2O4S/c1-26(2,21-13-19(15-29)25(24(28)14-21)33-11-9-27)20-4-6-23(7-5-20)34-16-22-12-18(8-10-30-22)17-35(3,31)32/h4-8,10,12-14H,9,11,16-17H2,1-3H3. The Morgan fingerprint density at radius 1 is 1.06 bits per heavy atom. The van der Waals surface area contributed by atoms with Gasteiger partial charge in [0.15, 0.2) is 15.6 Å². The maximum Gasteiger partial charge on any atom is 0.155 e. The zero-order valence-electron chi connectivity index (χ0n) is 19.7. The van der Waals surface area contributed by atoms with Crippen molar-refractivity contribution in [1.82, 2.24) is 4.98 Å². The van der Waals surface area contributed by atoms with Crippen LogP contribution in [0.3, 0.4) is 0 Å². The van der Waals surface area contributed by atoms with Gasteiger partial charge in [-0.25, -0.2) is 8.42 Å². The Morgan fingerprint density at radius 3 is 2.40 bits per heavy atom. The first kappa shape index (κ1) is 26.8. The summed E-state index contributed by atoms with van der Waals surface area (Å²) in [5, 5.41) is 9.96. The lowest BCUT2D eigenvalue weighted by molar-refractivity contribution is 0.301. The second kappa shape index (κ2) is 11.3. The van der Waals surface area contributed by atoms with Crippen LogP contribution in [0.4, 0.5) is 0 Å². The molecule has 0 aliphatic heterocycles. The minimum atomic E-state index is -3.12. The van der Waals surface area contributed by atoms with Gasteiger partial charge in [0.25, 0.3) is 0 Å². The van der Waals surface area contributed by atoms with Gasteiger partial charge in [0.2, 0.25) is 0 Å². The van der Waals surface area contributed by atoms with Gasteiger partial charge in [-0.15, -0.1) is 11.6 Å². The molecule has 0 saturated carbocycles. The van der Waals surface area contributed by atoms with Gasteiger partial charge >= 0.3 is 0 Å². The minimum absolute atomic E-state index is 0.0381. The number of aromatic nitrogens is 1. The highest BCUT2D eigenvalue weighted by Crippen LogP contribution is 2.38. The molecule has 0 spiro atoms. The number of nitriles is 1. The van der Waals surface area contributed by atoms with Crippen molar-refractivity contribution in [2.24, 2.45) is 0 Å². The molecule has 0 fully saturated rings. The Balaban J connectivity index is 1.75. The van der Waals surface area contributed by atoms with E-state index in [1.807, 2.05) is 44.2 Å². The predicted octanol–water partition coefficient (Wildman–Crippen LogP) is 5.67. The average molecular weight is 533 g/mol. The van der Waals surface area contributed by atoms with E-state index >= 15 is 0 Å². The van der Waals surface area contributed by atoms with Crippen LogP contribution >= 0.6 is 23.2 Å². The molecule has 3 aromatic rings. The Kier molecular flexibility index (Phi) is 8.65. The van der Waals surface area contributed by atoms with Gasteiger partial charge in [-0.05, 0) is 53.1 Å². The van der Waals surface area contributed by atoms with Crippen LogP contribution in [0, 0.1) is 11.3 Å². The number of hydrogen-bond donors (Lipinski definition) is 0. The first-order valence-electron chi connectivity index (χ1n) is 10.8. The van der Waals surface area contributed by atoms with Crippen LogP contribution in [0.2, 0.25) is 5.02 Å². The SMILES string of the molecule is CC(C)(c1ccc(OCc2cc(CS(C)(=O)=O)ccn2)cc1)c1cc(Cl)c(OCCCl)c(C#N)c1. The second-order valence-corrected chi connectivity index (χ2v) is 11.6. The van der Waals surface area contributed by atoms with Crippen LogP contribution in [-0.2, 0) is 27.6 Å². The van der Waals surface area contributed by atoms with E-state index < -0.39 is 15.3 Å². The van der Waals surface area contributed by atoms with Crippen molar-refractivity contribution in [1.29, 1.82) is 5.26 Å². The minimum Gasteiger partial charge on any atom is -0.489 e. The Labute approximate surface area is 216 Å². The Bertz CT molecular complexity index is 1330. The number of sulfone groups is 1. The lowest BCUT2D eigenvalue weighted by Gasteiger charge is -2.27. The van der Waals surface area contributed by atoms with E-state index in [-0.39, 0.29) is 19.0 Å². The Hall–Kier alpha value is -2.79. The summed E-state index contributed by atoms with van der Waals surface area (Å²) >= 11 is 12.1. The summed E-state index contributed by atoms with van der Waals surface area (Å²) in [6, 6.07) is 16.8. The molecule has 0 saturated heterocycles. The van der Waals surface area contributed by atoms with E-state index in [1.54, 1.807) is 24.4 Å². The summed E-state index contributed by atoms with van der Waals surface area (Å²) < 4.78 is 34.5. The highest BCUT2D eigenvalue weighted by atomic mass is 35.5. The van der Waals surface area contributed by atoms with Crippen LogP contribution in [0.25, 0.3) is 0 Å². The van der Waals surface area contributed by atoms with E-state index in [0.717, 1.165) is 11.1 Å². The van der Waals surface area contributed by atoms with Crippen molar-refractivity contribution in [2.75, 3.05) is 18.7 Å². The maximum absolute atomic E-state index is 11.5. The molecular formula is C26H26Cl2N2O4S.